The number of hydrogen-bond donors (Lipinski definition) is 2. The fraction of sp³-hybridized carbons (Fsp3) is 0.917. The molecule has 102 valence electrons. The van der Waals surface area contributed by atoms with Crippen molar-refractivity contribution in [2.24, 2.45) is 0 Å². The van der Waals surface area contributed by atoms with Crippen LogP contribution in [0.4, 0.5) is 0 Å². The van der Waals surface area contributed by atoms with Gasteiger partial charge >= 0.3 is 0 Å². The second-order valence-corrected chi connectivity index (χ2v) is 5.76. The molecule has 17 heavy (non-hydrogen) atoms. The monoisotopic (exact) mass is 279 g/mol. The average molecular weight is 279 g/mol. The van der Waals surface area contributed by atoms with E-state index in [1.54, 1.807) is 0 Å². The summed E-state index contributed by atoms with van der Waals surface area (Å²) in [5.74, 6) is 0.476. The fourth-order valence-electron chi connectivity index (χ4n) is 1.30. The number of thiocarbonyl (C=S) groups is 1. The van der Waals surface area contributed by atoms with Gasteiger partial charge in [0.25, 0.3) is 0 Å². The maximum Gasteiger partial charge on any atom is 0.136 e. The number of unbranched alkanes of at least 4 members (excludes halogenated alkanes) is 2. The van der Waals surface area contributed by atoms with E-state index in [0.29, 0.717) is 5.75 Å². The third-order valence-corrected chi connectivity index (χ3v) is 4.10. The lowest BCUT2D eigenvalue weighted by molar-refractivity contribution is 0.114. The van der Waals surface area contributed by atoms with E-state index in [0.717, 1.165) is 43.1 Å². The molecule has 1 unspecified atom stereocenters. The van der Waals surface area contributed by atoms with Crippen LogP contribution in [-0.2, 0) is 0 Å². The first-order valence-electron chi connectivity index (χ1n) is 6.36. The van der Waals surface area contributed by atoms with Crippen molar-refractivity contribution in [1.82, 2.24) is 4.90 Å². The first kappa shape index (κ1) is 17.2. The van der Waals surface area contributed by atoms with E-state index >= 15 is 0 Å². The largest absolute Gasteiger partial charge is 0.394 e. The highest BCUT2D eigenvalue weighted by atomic mass is 32.2. The molecule has 2 N–H and O–H groups in total. The highest BCUT2D eigenvalue weighted by molar-refractivity contribution is 8.22. The molecule has 3 nitrogen and oxygen atoms in total. The van der Waals surface area contributed by atoms with E-state index in [2.05, 4.69) is 18.7 Å². The van der Waals surface area contributed by atoms with Gasteiger partial charge in [-0.1, -0.05) is 50.7 Å². The Morgan fingerprint density at radius 1 is 1.24 bits per heavy atom. The molecule has 0 bridgehead atoms. The van der Waals surface area contributed by atoms with Gasteiger partial charge in [-0.05, 0) is 12.8 Å². The first-order chi connectivity index (χ1) is 8.15. The van der Waals surface area contributed by atoms with Crippen LogP contribution in [-0.4, -0.2) is 51.0 Å². The van der Waals surface area contributed by atoms with E-state index in [9.17, 15) is 5.11 Å². The molecule has 0 heterocycles. The van der Waals surface area contributed by atoms with Crippen molar-refractivity contribution in [2.75, 3.05) is 25.4 Å². The minimum absolute atomic E-state index is 0.195. The Labute approximate surface area is 115 Å². The molecule has 0 aromatic carbocycles. The molecule has 5 heteroatoms. The summed E-state index contributed by atoms with van der Waals surface area (Å²) in [6.07, 6.45) is 3.95. The van der Waals surface area contributed by atoms with Crippen LogP contribution in [0.15, 0.2) is 0 Å². The highest BCUT2D eigenvalue weighted by Gasteiger charge is 2.11. The third-order valence-electron chi connectivity index (χ3n) is 2.43. The Morgan fingerprint density at radius 2 is 1.76 bits per heavy atom. The summed E-state index contributed by atoms with van der Waals surface area (Å²) in [5, 5.41) is 18.0. The van der Waals surface area contributed by atoms with E-state index < -0.39 is 6.10 Å². The molecular formula is C12H25NO2S2. The van der Waals surface area contributed by atoms with Gasteiger partial charge in [-0.15, -0.1) is 0 Å². The van der Waals surface area contributed by atoms with Crippen molar-refractivity contribution in [3.8, 4) is 0 Å². The second kappa shape index (κ2) is 11.3. The number of rotatable bonds is 9. The zero-order valence-corrected chi connectivity index (χ0v) is 12.5. The maximum atomic E-state index is 9.29. The van der Waals surface area contributed by atoms with Crippen molar-refractivity contribution in [3.63, 3.8) is 0 Å². The number of aliphatic hydroxyl groups excluding tert-OH is 2. The van der Waals surface area contributed by atoms with Gasteiger partial charge in [-0.25, -0.2) is 0 Å². The van der Waals surface area contributed by atoms with Gasteiger partial charge < -0.3 is 15.1 Å². The summed E-state index contributed by atoms with van der Waals surface area (Å²) in [6, 6.07) is 0. The van der Waals surface area contributed by atoms with E-state index in [-0.39, 0.29) is 6.61 Å². The Morgan fingerprint density at radius 3 is 2.18 bits per heavy atom. The van der Waals surface area contributed by atoms with Crippen molar-refractivity contribution in [1.29, 1.82) is 0 Å². The Balaban J connectivity index is 4.02. The highest BCUT2D eigenvalue weighted by Crippen LogP contribution is 2.13. The van der Waals surface area contributed by atoms with Crippen molar-refractivity contribution < 1.29 is 10.2 Å². The summed E-state index contributed by atoms with van der Waals surface area (Å²) in [7, 11) is 0. The average Bonchev–Trinajstić information content (AvgIpc) is 2.35. The molecule has 0 fully saturated rings. The molecule has 0 saturated heterocycles. The van der Waals surface area contributed by atoms with E-state index in [1.165, 1.54) is 11.8 Å². The Bertz CT molecular complexity index is 195. The molecule has 0 saturated carbocycles. The van der Waals surface area contributed by atoms with Gasteiger partial charge in [0.15, 0.2) is 0 Å². The molecule has 1 atom stereocenters. The van der Waals surface area contributed by atoms with Crippen molar-refractivity contribution >= 4 is 28.3 Å². The zero-order valence-electron chi connectivity index (χ0n) is 10.9. The SMILES string of the molecule is CCCCN(CCCC)C(=S)SCC(O)CO. The fourth-order valence-corrected chi connectivity index (χ4v) is 2.50. The molecular weight excluding hydrogens is 254 g/mol. The molecule has 0 spiro atoms. The van der Waals surface area contributed by atoms with Crippen LogP contribution in [0.1, 0.15) is 39.5 Å². The van der Waals surface area contributed by atoms with Gasteiger partial charge in [-0.3, -0.25) is 0 Å². The van der Waals surface area contributed by atoms with Crippen LogP contribution in [0, 0.1) is 0 Å². The van der Waals surface area contributed by atoms with Crippen LogP contribution in [0.2, 0.25) is 0 Å². The van der Waals surface area contributed by atoms with Gasteiger partial charge in [0, 0.05) is 18.8 Å². The maximum absolute atomic E-state index is 9.29. The first-order valence-corrected chi connectivity index (χ1v) is 7.75. The van der Waals surface area contributed by atoms with Crippen LogP contribution < -0.4 is 0 Å². The summed E-state index contributed by atoms with van der Waals surface area (Å²) in [5.41, 5.74) is 0. The van der Waals surface area contributed by atoms with Gasteiger partial charge in [0.05, 0.1) is 12.7 Å². The molecule has 0 aliphatic heterocycles. The lowest BCUT2D eigenvalue weighted by Gasteiger charge is -2.25. The van der Waals surface area contributed by atoms with Gasteiger partial charge in [0.2, 0.25) is 0 Å². The van der Waals surface area contributed by atoms with Gasteiger partial charge in [0.1, 0.15) is 4.32 Å². The molecule has 0 aromatic rings. The molecule has 0 rings (SSSR count). The number of aliphatic hydroxyl groups is 2. The standard InChI is InChI=1S/C12H25NO2S2/c1-3-5-7-13(8-6-4-2)12(16)17-10-11(15)9-14/h11,14-15H,3-10H2,1-2H3. The van der Waals surface area contributed by atoms with Crippen LogP contribution >= 0.6 is 24.0 Å². The van der Waals surface area contributed by atoms with Crippen LogP contribution in [0.3, 0.4) is 0 Å². The minimum Gasteiger partial charge on any atom is -0.394 e. The van der Waals surface area contributed by atoms with E-state index in [1.807, 2.05) is 0 Å². The lowest BCUT2D eigenvalue weighted by Crippen LogP contribution is -2.30. The molecule has 0 aromatic heterocycles. The number of thioether (sulfide) groups is 1. The normalized spacial score (nSPS) is 12.5. The lowest BCUT2D eigenvalue weighted by atomic mass is 10.3. The van der Waals surface area contributed by atoms with Gasteiger partial charge in [-0.2, -0.15) is 0 Å². The van der Waals surface area contributed by atoms with E-state index in [4.69, 9.17) is 17.3 Å². The number of nitrogens with zero attached hydrogens (tertiary/aromatic N) is 1. The second-order valence-electron chi connectivity index (χ2n) is 4.11. The van der Waals surface area contributed by atoms with Crippen LogP contribution in [0.25, 0.3) is 0 Å². The molecule has 0 aliphatic carbocycles. The Hall–Kier alpha value is 0.160. The molecule has 0 amide bonds. The minimum atomic E-state index is -0.669. The zero-order chi connectivity index (χ0) is 13.1. The quantitative estimate of drug-likeness (QED) is 0.634. The summed E-state index contributed by atoms with van der Waals surface area (Å²) < 4.78 is 0.847. The number of hydrogen-bond acceptors (Lipinski definition) is 4. The van der Waals surface area contributed by atoms with Crippen molar-refractivity contribution in [3.05, 3.63) is 0 Å². The summed E-state index contributed by atoms with van der Waals surface area (Å²) in [6.45, 7) is 6.14. The smallest absolute Gasteiger partial charge is 0.136 e. The molecule has 0 radical (unpaired) electrons. The summed E-state index contributed by atoms with van der Waals surface area (Å²) in [4.78, 5) is 2.22. The topological polar surface area (TPSA) is 43.7 Å². The predicted molar refractivity (Wildman–Crippen MR) is 79.5 cm³/mol. The predicted octanol–water partition coefficient (Wildman–Crippen LogP) is 2.26. The van der Waals surface area contributed by atoms with Crippen LogP contribution in [0.5, 0.6) is 0 Å². The van der Waals surface area contributed by atoms with Crippen molar-refractivity contribution in [2.45, 2.75) is 45.6 Å². The molecule has 0 aliphatic rings. The third kappa shape index (κ3) is 8.83. The Kier molecular flexibility index (Phi) is 11.4. The summed E-state index contributed by atoms with van der Waals surface area (Å²) >= 11 is 6.83.